The van der Waals surface area contributed by atoms with Crippen LogP contribution in [0, 0.1) is 0 Å². The van der Waals surface area contributed by atoms with Crippen molar-refractivity contribution >= 4 is 23.0 Å². The SMILES string of the molecule is CCc1ccccc1NCC(=O)Nc1ccccc1N1CCOCC1. The molecule has 2 N–H and O–H groups in total. The maximum absolute atomic E-state index is 12.4. The summed E-state index contributed by atoms with van der Waals surface area (Å²) in [6.45, 7) is 5.48. The first-order valence-electron chi connectivity index (χ1n) is 8.81. The summed E-state index contributed by atoms with van der Waals surface area (Å²) in [6.07, 6.45) is 0.935. The predicted molar refractivity (Wildman–Crippen MR) is 102 cm³/mol. The molecule has 0 spiro atoms. The summed E-state index contributed by atoms with van der Waals surface area (Å²) in [5.74, 6) is -0.0494. The first-order chi connectivity index (χ1) is 12.3. The van der Waals surface area contributed by atoms with Crippen LogP contribution in [0.4, 0.5) is 17.1 Å². The number of rotatable bonds is 6. The zero-order valence-electron chi connectivity index (χ0n) is 14.6. The molecule has 1 saturated heterocycles. The van der Waals surface area contributed by atoms with Crippen LogP contribution in [-0.2, 0) is 16.0 Å². The summed E-state index contributed by atoms with van der Waals surface area (Å²) < 4.78 is 5.41. The molecule has 0 aromatic heterocycles. The van der Waals surface area contributed by atoms with Gasteiger partial charge in [0.2, 0.25) is 5.91 Å². The zero-order valence-corrected chi connectivity index (χ0v) is 14.6. The minimum absolute atomic E-state index is 0.0494. The number of anilines is 3. The van der Waals surface area contributed by atoms with Gasteiger partial charge in [-0.1, -0.05) is 37.3 Å². The summed E-state index contributed by atoms with van der Waals surface area (Å²) in [5, 5.41) is 6.27. The minimum Gasteiger partial charge on any atom is -0.378 e. The number of carbonyl (C=O) groups excluding carboxylic acids is 1. The number of nitrogens with zero attached hydrogens (tertiary/aromatic N) is 1. The summed E-state index contributed by atoms with van der Waals surface area (Å²) in [5.41, 5.74) is 4.12. The fraction of sp³-hybridized carbons (Fsp3) is 0.350. The van der Waals surface area contributed by atoms with E-state index in [1.807, 2.05) is 42.5 Å². The Morgan fingerprint density at radius 3 is 2.48 bits per heavy atom. The number of carbonyl (C=O) groups is 1. The standard InChI is InChI=1S/C20H25N3O2/c1-2-16-7-3-4-8-17(16)21-15-20(24)22-18-9-5-6-10-19(18)23-11-13-25-14-12-23/h3-10,21H,2,11-15H2,1H3,(H,22,24). The molecule has 3 rings (SSSR count). The van der Waals surface area contributed by atoms with E-state index in [1.165, 1.54) is 5.56 Å². The van der Waals surface area contributed by atoms with Crippen LogP contribution in [0.5, 0.6) is 0 Å². The van der Waals surface area contributed by atoms with Crippen molar-refractivity contribution in [3.8, 4) is 0 Å². The second-order valence-corrected chi connectivity index (χ2v) is 6.03. The van der Waals surface area contributed by atoms with Crippen LogP contribution >= 0.6 is 0 Å². The number of ether oxygens (including phenoxy) is 1. The molecule has 1 aliphatic rings. The van der Waals surface area contributed by atoms with Crippen molar-refractivity contribution in [2.45, 2.75) is 13.3 Å². The number of para-hydroxylation sites is 3. The van der Waals surface area contributed by atoms with Crippen molar-refractivity contribution in [1.82, 2.24) is 0 Å². The molecule has 1 heterocycles. The molecule has 2 aromatic rings. The lowest BCUT2D eigenvalue weighted by atomic mass is 10.1. The van der Waals surface area contributed by atoms with Gasteiger partial charge in [-0.3, -0.25) is 4.79 Å². The average molecular weight is 339 g/mol. The van der Waals surface area contributed by atoms with Gasteiger partial charge < -0.3 is 20.3 Å². The maximum Gasteiger partial charge on any atom is 0.243 e. The average Bonchev–Trinajstić information content (AvgIpc) is 2.67. The topological polar surface area (TPSA) is 53.6 Å². The van der Waals surface area contributed by atoms with Crippen LogP contribution in [0.1, 0.15) is 12.5 Å². The lowest BCUT2D eigenvalue weighted by Crippen LogP contribution is -2.37. The van der Waals surface area contributed by atoms with E-state index in [1.54, 1.807) is 0 Å². The molecule has 5 heteroatoms. The molecule has 25 heavy (non-hydrogen) atoms. The highest BCUT2D eigenvalue weighted by Gasteiger charge is 2.15. The second kappa shape index (κ2) is 8.53. The largest absolute Gasteiger partial charge is 0.378 e. The number of morpholine rings is 1. The Kier molecular flexibility index (Phi) is 5.90. The Morgan fingerprint density at radius 1 is 1.04 bits per heavy atom. The first-order valence-corrected chi connectivity index (χ1v) is 8.81. The van der Waals surface area contributed by atoms with Crippen LogP contribution in [0.25, 0.3) is 0 Å². The Bertz CT molecular complexity index is 712. The molecule has 5 nitrogen and oxygen atoms in total. The van der Waals surface area contributed by atoms with Gasteiger partial charge in [0.1, 0.15) is 0 Å². The number of aryl methyl sites for hydroxylation is 1. The molecule has 0 atom stereocenters. The van der Waals surface area contributed by atoms with Crippen molar-refractivity contribution < 1.29 is 9.53 Å². The highest BCUT2D eigenvalue weighted by molar-refractivity contribution is 5.96. The molecule has 2 aromatic carbocycles. The van der Waals surface area contributed by atoms with Crippen molar-refractivity contribution in [2.24, 2.45) is 0 Å². The van der Waals surface area contributed by atoms with Gasteiger partial charge in [0, 0.05) is 18.8 Å². The maximum atomic E-state index is 12.4. The van der Waals surface area contributed by atoms with E-state index in [2.05, 4.69) is 28.5 Å². The van der Waals surface area contributed by atoms with Crippen molar-refractivity contribution in [1.29, 1.82) is 0 Å². The molecule has 0 unspecified atom stereocenters. The van der Waals surface area contributed by atoms with Gasteiger partial charge >= 0.3 is 0 Å². The number of amides is 1. The van der Waals surface area contributed by atoms with Gasteiger partial charge in [0.05, 0.1) is 31.1 Å². The monoisotopic (exact) mass is 339 g/mol. The number of nitrogens with one attached hydrogen (secondary N) is 2. The smallest absolute Gasteiger partial charge is 0.243 e. The molecule has 0 saturated carbocycles. The molecule has 1 aliphatic heterocycles. The molecule has 132 valence electrons. The third-order valence-corrected chi connectivity index (χ3v) is 4.37. The van der Waals surface area contributed by atoms with Gasteiger partial charge in [-0.2, -0.15) is 0 Å². The molecule has 0 aliphatic carbocycles. The normalized spacial score (nSPS) is 14.2. The van der Waals surface area contributed by atoms with Crippen molar-refractivity contribution in [3.63, 3.8) is 0 Å². The molecule has 0 radical (unpaired) electrons. The van der Waals surface area contributed by atoms with E-state index in [9.17, 15) is 4.79 Å². The lowest BCUT2D eigenvalue weighted by molar-refractivity contribution is -0.114. The van der Waals surface area contributed by atoms with Gasteiger partial charge in [-0.15, -0.1) is 0 Å². The van der Waals surface area contributed by atoms with Crippen LogP contribution in [0.2, 0.25) is 0 Å². The lowest BCUT2D eigenvalue weighted by Gasteiger charge is -2.30. The summed E-state index contributed by atoms with van der Waals surface area (Å²) in [4.78, 5) is 14.7. The van der Waals surface area contributed by atoms with E-state index in [0.29, 0.717) is 0 Å². The number of hydrogen-bond acceptors (Lipinski definition) is 4. The fourth-order valence-corrected chi connectivity index (χ4v) is 3.03. The molecule has 1 amide bonds. The highest BCUT2D eigenvalue weighted by atomic mass is 16.5. The quantitative estimate of drug-likeness (QED) is 0.849. The number of hydrogen-bond donors (Lipinski definition) is 2. The van der Waals surface area contributed by atoms with Gasteiger partial charge in [-0.25, -0.2) is 0 Å². The molecule has 0 bridgehead atoms. The Labute approximate surface area is 149 Å². The van der Waals surface area contributed by atoms with E-state index in [0.717, 1.165) is 49.8 Å². The third kappa shape index (κ3) is 4.51. The van der Waals surface area contributed by atoms with Crippen LogP contribution in [0.15, 0.2) is 48.5 Å². The third-order valence-electron chi connectivity index (χ3n) is 4.37. The van der Waals surface area contributed by atoms with Crippen molar-refractivity contribution in [3.05, 3.63) is 54.1 Å². The Balaban J connectivity index is 1.63. The number of benzene rings is 2. The van der Waals surface area contributed by atoms with E-state index in [4.69, 9.17) is 4.74 Å². The van der Waals surface area contributed by atoms with Crippen molar-refractivity contribution in [2.75, 3.05) is 48.4 Å². The van der Waals surface area contributed by atoms with Crippen LogP contribution in [0.3, 0.4) is 0 Å². The zero-order chi connectivity index (χ0) is 17.5. The summed E-state index contributed by atoms with van der Waals surface area (Å²) >= 11 is 0. The minimum atomic E-state index is -0.0494. The molecule has 1 fully saturated rings. The molecular weight excluding hydrogens is 314 g/mol. The summed E-state index contributed by atoms with van der Waals surface area (Å²) in [7, 11) is 0. The highest BCUT2D eigenvalue weighted by Crippen LogP contribution is 2.26. The summed E-state index contributed by atoms with van der Waals surface area (Å²) in [6, 6.07) is 16.0. The van der Waals surface area contributed by atoms with E-state index >= 15 is 0 Å². The Morgan fingerprint density at radius 2 is 1.72 bits per heavy atom. The van der Waals surface area contributed by atoms with Gasteiger partial charge in [-0.05, 0) is 30.2 Å². The van der Waals surface area contributed by atoms with Gasteiger partial charge in [0.25, 0.3) is 0 Å². The van der Waals surface area contributed by atoms with Crippen LogP contribution in [-0.4, -0.2) is 38.8 Å². The first kappa shape index (κ1) is 17.3. The van der Waals surface area contributed by atoms with Crippen LogP contribution < -0.4 is 15.5 Å². The predicted octanol–water partition coefficient (Wildman–Crippen LogP) is 3.14. The Hall–Kier alpha value is -2.53. The van der Waals surface area contributed by atoms with E-state index in [-0.39, 0.29) is 12.5 Å². The fourth-order valence-electron chi connectivity index (χ4n) is 3.03. The molecular formula is C20H25N3O2. The second-order valence-electron chi connectivity index (χ2n) is 6.03. The van der Waals surface area contributed by atoms with E-state index < -0.39 is 0 Å². The van der Waals surface area contributed by atoms with Gasteiger partial charge in [0.15, 0.2) is 0 Å².